The molecule has 6 aromatic rings. The first kappa shape index (κ1) is 24.5. The zero-order valence-electron chi connectivity index (χ0n) is 21.1. The summed E-state index contributed by atoms with van der Waals surface area (Å²) >= 11 is 0. The second kappa shape index (κ2) is 10.9. The number of hydrogen-bond acceptors (Lipinski definition) is 8. The number of amides is 2. The van der Waals surface area contributed by atoms with Crippen molar-refractivity contribution in [2.45, 2.75) is 6.61 Å². The molecule has 0 aliphatic carbocycles. The Labute approximate surface area is 228 Å². The number of benzene rings is 3. The average Bonchev–Trinajstić information content (AvgIpc) is 3.38. The minimum atomic E-state index is -0.434. The quantitative estimate of drug-likeness (QED) is 0.260. The van der Waals surface area contributed by atoms with E-state index in [0.29, 0.717) is 23.0 Å². The maximum atomic E-state index is 12.7. The Balaban J connectivity index is 1.09. The van der Waals surface area contributed by atoms with Crippen LogP contribution in [0.1, 0.15) is 5.56 Å². The van der Waals surface area contributed by atoms with E-state index in [1.165, 1.54) is 0 Å². The third-order valence-corrected chi connectivity index (χ3v) is 6.04. The molecule has 11 nitrogen and oxygen atoms in total. The van der Waals surface area contributed by atoms with Gasteiger partial charge in [-0.3, -0.25) is 5.32 Å². The number of hydrogen-bond donors (Lipinski definition) is 3. The first-order valence-electron chi connectivity index (χ1n) is 12.4. The first-order chi connectivity index (χ1) is 19.6. The molecule has 0 aliphatic rings. The van der Waals surface area contributed by atoms with Gasteiger partial charge in [0.1, 0.15) is 12.4 Å². The third kappa shape index (κ3) is 5.38. The van der Waals surface area contributed by atoms with Gasteiger partial charge in [-0.2, -0.15) is 9.50 Å². The van der Waals surface area contributed by atoms with Crippen LogP contribution < -0.4 is 21.1 Å². The number of para-hydroxylation sites is 1. The minimum Gasteiger partial charge on any atom is -0.489 e. The summed E-state index contributed by atoms with van der Waals surface area (Å²) in [7, 11) is 0. The normalized spacial score (nSPS) is 10.8. The molecular weight excluding hydrogens is 506 g/mol. The van der Waals surface area contributed by atoms with E-state index < -0.39 is 6.03 Å². The van der Waals surface area contributed by atoms with Crippen molar-refractivity contribution in [2.24, 2.45) is 0 Å². The van der Waals surface area contributed by atoms with Gasteiger partial charge in [0.25, 0.3) is 5.78 Å². The number of anilines is 3. The number of urea groups is 1. The molecule has 0 saturated carbocycles. The van der Waals surface area contributed by atoms with Crippen LogP contribution in [0.15, 0.2) is 103 Å². The highest BCUT2D eigenvalue weighted by Gasteiger charge is 2.11. The van der Waals surface area contributed by atoms with Crippen LogP contribution >= 0.6 is 0 Å². The molecule has 0 saturated heterocycles. The first-order valence-corrected chi connectivity index (χ1v) is 12.4. The Morgan fingerprint density at radius 1 is 0.825 bits per heavy atom. The van der Waals surface area contributed by atoms with Gasteiger partial charge in [-0.05, 0) is 48.5 Å². The molecule has 0 atom stereocenters. The lowest BCUT2D eigenvalue weighted by Gasteiger charge is -2.13. The zero-order chi connectivity index (χ0) is 27.3. The molecule has 0 fully saturated rings. The van der Waals surface area contributed by atoms with Crippen LogP contribution in [0.4, 0.5) is 22.2 Å². The number of carbonyl (C=O) groups is 1. The summed E-state index contributed by atoms with van der Waals surface area (Å²) in [5.41, 5.74) is 10.5. The summed E-state index contributed by atoms with van der Waals surface area (Å²) in [6, 6.07) is 29.6. The number of carbonyl (C=O) groups excluding carboxylic acids is 1. The molecule has 3 aromatic carbocycles. The second-order valence-electron chi connectivity index (χ2n) is 8.73. The topological polar surface area (TPSA) is 145 Å². The van der Waals surface area contributed by atoms with Crippen molar-refractivity contribution in [2.75, 3.05) is 16.4 Å². The zero-order valence-corrected chi connectivity index (χ0v) is 21.1. The van der Waals surface area contributed by atoms with Gasteiger partial charge in [-0.1, -0.05) is 48.5 Å². The smallest absolute Gasteiger partial charge is 0.324 e. The lowest BCUT2D eigenvalue weighted by Crippen LogP contribution is -2.21. The van der Waals surface area contributed by atoms with Crippen molar-refractivity contribution < 1.29 is 9.53 Å². The van der Waals surface area contributed by atoms with Crippen molar-refractivity contribution in [1.82, 2.24) is 29.8 Å². The molecule has 11 heteroatoms. The highest BCUT2D eigenvalue weighted by Crippen LogP contribution is 2.24. The molecule has 0 spiro atoms. The number of nitrogen functional groups attached to an aromatic ring is 1. The van der Waals surface area contributed by atoms with Gasteiger partial charge < -0.3 is 15.8 Å². The van der Waals surface area contributed by atoms with Gasteiger partial charge >= 0.3 is 6.03 Å². The maximum absolute atomic E-state index is 12.7. The van der Waals surface area contributed by atoms with Crippen molar-refractivity contribution in [3.05, 3.63) is 109 Å². The molecule has 40 heavy (non-hydrogen) atoms. The van der Waals surface area contributed by atoms with Crippen LogP contribution in [-0.4, -0.2) is 35.8 Å². The highest BCUT2D eigenvalue weighted by atomic mass is 16.5. The van der Waals surface area contributed by atoms with E-state index in [1.54, 1.807) is 16.8 Å². The van der Waals surface area contributed by atoms with Crippen LogP contribution in [-0.2, 0) is 6.61 Å². The largest absolute Gasteiger partial charge is 0.489 e. The predicted octanol–water partition coefficient (Wildman–Crippen LogP) is 5.05. The number of ether oxygens (including phenoxy) is 1. The SMILES string of the molecule is Nc1nc2nccc(-c3ccc(OCc4ccccc4NC(=O)Nc4ccc(-c5ccccc5)nn4)cc3)n2n1. The molecule has 3 aromatic heterocycles. The molecule has 4 N–H and O–H groups in total. The standard InChI is InChI=1S/C29H23N9O2/c30-27-34-28-31-17-16-25(38(28)37-27)20-10-12-22(13-11-20)40-18-21-8-4-5-9-23(21)32-29(39)33-26-15-14-24(35-36-26)19-6-2-1-3-7-19/h1-17H,18H2,(H2,30,37)(H2,32,33,36,39). The van der Waals surface area contributed by atoms with Gasteiger partial charge in [0.2, 0.25) is 5.95 Å². The van der Waals surface area contributed by atoms with Crippen molar-refractivity contribution >= 4 is 29.3 Å². The number of fused-ring (bicyclic) bond motifs is 1. The van der Waals surface area contributed by atoms with Gasteiger partial charge in [0.15, 0.2) is 5.82 Å². The molecule has 2 amide bonds. The average molecular weight is 530 g/mol. The summed E-state index contributed by atoms with van der Waals surface area (Å²) in [5, 5.41) is 18.1. The number of nitrogens with zero attached hydrogens (tertiary/aromatic N) is 6. The molecule has 3 heterocycles. The van der Waals surface area contributed by atoms with Crippen LogP contribution in [0.3, 0.4) is 0 Å². The summed E-state index contributed by atoms with van der Waals surface area (Å²) in [6.07, 6.45) is 1.66. The lowest BCUT2D eigenvalue weighted by atomic mass is 10.1. The second-order valence-corrected chi connectivity index (χ2v) is 8.73. The lowest BCUT2D eigenvalue weighted by molar-refractivity contribution is 0.262. The van der Waals surface area contributed by atoms with E-state index in [9.17, 15) is 4.79 Å². The summed E-state index contributed by atoms with van der Waals surface area (Å²) in [5.74, 6) is 1.60. The summed E-state index contributed by atoms with van der Waals surface area (Å²) < 4.78 is 7.61. The maximum Gasteiger partial charge on any atom is 0.324 e. The third-order valence-electron chi connectivity index (χ3n) is 6.04. The predicted molar refractivity (Wildman–Crippen MR) is 152 cm³/mol. The Morgan fingerprint density at radius 2 is 1.62 bits per heavy atom. The Hall–Kier alpha value is -5.84. The molecule has 0 unspecified atom stereocenters. The molecular formula is C29H23N9O2. The Bertz CT molecular complexity index is 1770. The molecule has 6 rings (SSSR count). The molecule has 0 bridgehead atoms. The van der Waals surface area contributed by atoms with Gasteiger partial charge in [0, 0.05) is 28.6 Å². The molecule has 0 aliphatic heterocycles. The van der Waals surface area contributed by atoms with E-state index in [1.807, 2.05) is 91.0 Å². The fraction of sp³-hybridized carbons (Fsp3) is 0.0345. The number of rotatable bonds is 7. The van der Waals surface area contributed by atoms with Gasteiger partial charge in [-0.15, -0.1) is 15.3 Å². The highest BCUT2D eigenvalue weighted by molar-refractivity contribution is 5.99. The number of nitrogens with one attached hydrogen (secondary N) is 2. The molecule has 0 radical (unpaired) electrons. The Kier molecular flexibility index (Phi) is 6.66. The van der Waals surface area contributed by atoms with Crippen LogP contribution in [0.2, 0.25) is 0 Å². The van der Waals surface area contributed by atoms with Crippen molar-refractivity contribution in [3.8, 4) is 28.3 Å². The number of nitrogens with two attached hydrogens (primary N) is 1. The van der Waals surface area contributed by atoms with E-state index >= 15 is 0 Å². The molecule has 196 valence electrons. The monoisotopic (exact) mass is 529 g/mol. The van der Waals surface area contributed by atoms with Crippen LogP contribution in [0.25, 0.3) is 28.3 Å². The van der Waals surface area contributed by atoms with Gasteiger partial charge in [-0.25, -0.2) is 9.78 Å². The summed E-state index contributed by atoms with van der Waals surface area (Å²) in [4.78, 5) is 21.0. The van der Waals surface area contributed by atoms with E-state index in [0.717, 1.165) is 28.1 Å². The van der Waals surface area contributed by atoms with Crippen molar-refractivity contribution in [1.29, 1.82) is 0 Å². The fourth-order valence-electron chi connectivity index (χ4n) is 4.11. The van der Waals surface area contributed by atoms with Crippen LogP contribution in [0, 0.1) is 0 Å². The Morgan fingerprint density at radius 3 is 2.42 bits per heavy atom. The fourth-order valence-corrected chi connectivity index (χ4v) is 4.11. The van der Waals surface area contributed by atoms with Gasteiger partial charge in [0.05, 0.1) is 11.4 Å². The number of aromatic nitrogens is 6. The minimum absolute atomic E-state index is 0.162. The summed E-state index contributed by atoms with van der Waals surface area (Å²) in [6.45, 7) is 0.250. The van der Waals surface area contributed by atoms with E-state index in [-0.39, 0.29) is 12.6 Å². The van der Waals surface area contributed by atoms with Crippen LogP contribution in [0.5, 0.6) is 5.75 Å². The van der Waals surface area contributed by atoms with E-state index in [2.05, 4.69) is 35.9 Å². The van der Waals surface area contributed by atoms with E-state index in [4.69, 9.17) is 10.5 Å². The van der Waals surface area contributed by atoms with Crippen molar-refractivity contribution in [3.63, 3.8) is 0 Å².